The Morgan fingerprint density at radius 2 is 0.507 bits per heavy atom. The first-order valence-electron chi connectivity index (χ1n) is 42.6. The molecule has 4 amide bonds. The van der Waals surface area contributed by atoms with Crippen LogP contribution in [0, 0.1) is 0 Å². The zero-order valence-corrected chi connectivity index (χ0v) is 71.8. The van der Waals surface area contributed by atoms with E-state index in [0.29, 0.717) is 0 Å². The molecule has 0 spiro atoms. The average molecular weight is 1970 g/mol. The molecule has 0 aliphatic carbocycles. The molecular formula is C74H126N4O56. The Morgan fingerprint density at radius 3 is 0.806 bits per heavy atom. The molecule has 10 heterocycles. The highest BCUT2D eigenvalue weighted by atomic mass is 16.8. The minimum atomic E-state index is -2.67. The molecular weight excluding hydrogens is 1840 g/mol. The van der Waals surface area contributed by atoms with Gasteiger partial charge in [-0.15, -0.1) is 0 Å². The maximum atomic E-state index is 13.3. The number of carbonyl (C=O) groups excluding carboxylic acids is 4. The molecule has 0 bridgehead atoms. The maximum absolute atomic E-state index is 13.3. The Labute approximate surface area is 758 Å². The summed E-state index contributed by atoms with van der Waals surface area (Å²) in [7, 11) is 0. The number of aliphatic hydroxyl groups excluding tert-OH is 32. The molecule has 10 saturated heterocycles. The van der Waals surface area contributed by atoms with E-state index < -0.39 is 434 Å². The van der Waals surface area contributed by atoms with Gasteiger partial charge in [0.05, 0.1) is 85.3 Å². The Balaban J connectivity index is 0.935. The lowest BCUT2D eigenvalue weighted by Gasteiger charge is -2.50. The molecule has 10 fully saturated rings. The van der Waals surface area contributed by atoms with Crippen LogP contribution in [0.1, 0.15) is 27.7 Å². The van der Waals surface area contributed by atoms with Crippen LogP contribution >= 0.6 is 0 Å². The van der Waals surface area contributed by atoms with Crippen molar-refractivity contribution in [3.8, 4) is 0 Å². The predicted octanol–water partition coefficient (Wildman–Crippen LogP) is -24.8. The molecule has 0 aromatic heterocycles. The molecule has 36 N–H and O–H groups in total. The molecule has 0 unspecified atom stereocenters. The van der Waals surface area contributed by atoms with Crippen LogP contribution in [-0.4, -0.2) is 598 Å². The highest BCUT2D eigenvalue weighted by Crippen LogP contribution is 2.41. The van der Waals surface area contributed by atoms with Crippen molar-refractivity contribution in [1.29, 1.82) is 0 Å². The van der Waals surface area contributed by atoms with Gasteiger partial charge >= 0.3 is 0 Å². The standard InChI is InChI=1S/C74H126N4O56/c1-17(89)75-21(5-79)57(36(94)22(93)15-115-65-33(76-18(2)90)44(102)58(29(12-86)123-65)128-71-53(111)61(40(98)26(9-83)120-71)132-68-50(108)47(105)37(95)23(6-80)117-68)127-74-56(114)64(131-67-35(78-20(4)92)46(104)60(31(14-88)125-67)130-73-55(113)63(42(100)28(11-85)122-73)134-70-52(110)49(107)39(97)25(8-82)119-70)43(101)32(126-74)16-116-66-34(77-19(3)91)45(103)59(30(13-87)124-66)129-72-54(112)62(41(99)27(10-84)121-72)133-69-51(109)48(106)38(96)24(7-81)118-69/h21-74,79-88,93-114H,5-16H2,1-4H3,(H,75,89)(H,76,90)(H,77,91)(H,78,92)/t21-,22+,23+,24+,25+,26+,27+,28+,29+,30+,31+,32+,33+,34+,35+,36-,37-,38-,39-,40-,41-,42-,43-,44+,45+,46+,47-,48-,49-,50+,51+,52+,53+,54+,55+,56+,57+,58+,59+,60+,61-,62-,63-,64-,65+,66+,67-,68+,69+,70+,71-,72-,73-,74-/m0/s1. The van der Waals surface area contributed by atoms with E-state index >= 15 is 0 Å². The summed E-state index contributed by atoms with van der Waals surface area (Å²) in [6.45, 7) is -10.1. The van der Waals surface area contributed by atoms with E-state index in [1.54, 1.807) is 0 Å². The van der Waals surface area contributed by atoms with E-state index in [-0.39, 0.29) is 0 Å². The van der Waals surface area contributed by atoms with Crippen LogP contribution in [0.5, 0.6) is 0 Å². The maximum Gasteiger partial charge on any atom is 0.217 e. The molecule has 10 rings (SSSR count). The van der Waals surface area contributed by atoms with Gasteiger partial charge in [0, 0.05) is 27.7 Å². The lowest BCUT2D eigenvalue weighted by molar-refractivity contribution is -0.385. The van der Waals surface area contributed by atoms with Crippen LogP contribution in [0.4, 0.5) is 0 Å². The quantitative estimate of drug-likeness (QED) is 0.0272. The molecule has 0 radical (unpaired) electrons. The Kier molecular flexibility index (Phi) is 41.4. The minimum absolute atomic E-state index is 0.870. The third-order valence-corrected chi connectivity index (χ3v) is 24.2. The Morgan fingerprint density at radius 1 is 0.261 bits per heavy atom. The molecule has 0 saturated carbocycles. The van der Waals surface area contributed by atoms with Gasteiger partial charge in [0.15, 0.2) is 62.9 Å². The van der Waals surface area contributed by atoms with E-state index in [2.05, 4.69) is 21.3 Å². The lowest BCUT2D eigenvalue weighted by atomic mass is 9.94. The van der Waals surface area contributed by atoms with E-state index in [9.17, 15) is 183 Å². The number of rotatable bonds is 39. The molecule has 0 aromatic rings. The van der Waals surface area contributed by atoms with Gasteiger partial charge in [-0.1, -0.05) is 0 Å². The van der Waals surface area contributed by atoms with Gasteiger partial charge in [-0.3, -0.25) is 19.2 Å². The van der Waals surface area contributed by atoms with Crippen LogP contribution < -0.4 is 21.3 Å². The summed E-state index contributed by atoms with van der Waals surface area (Å²) < 4.78 is 116. The van der Waals surface area contributed by atoms with Gasteiger partial charge in [-0.25, -0.2) is 0 Å². The number of ether oxygens (including phenoxy) is 20. The normalized spacial score (nSPS) is 47.3. The lowest BCUT2D eigenvalue weighted by Crippen LogP contribution is -2.70. The van der Waals surface area contributed by atoms with Crippen molar-refractivity contribution in [3.63, 3.8) is 0 Å². The van der Waals surface area contributed by atoms with Crippen LogP contribution in [0.15, 0.2) is 0 Å². The van der Waals surface area contributed by atoms with Crippen molar-refractivity contribution >= 4 is 23.6 Å². The van der Waals surface area contributed by atoms with Gasteiger partial charge in [0.1, 0.15) is 262 Å². The first kappa shape index (κ1) is 112. The summed E-state index contributed by atoms with van der Waals surface area (Å²) in [6, 6.07) is -8.04. The molecule has 778 valence electrons. The molecule has 60 nitrogen and oxygen atoms in total. The van der Waals surface area contributed by atoms with Crippen LogP contribution in [-0.2, 0) is 114 Å². The second kappa shape index (κ2) is 49.7. The van der Waals surface area contributed by atoms with Crippen molar-refractivity contribution in [2.45, 2.75) is 359 Å². The third kappa shape index (κ3) is 25.2. The van der Waals surface area contributed by atoms with Gasteiger partial charge in [-0.2, -0.15) is 0 Å². The third-order valence-electron chi connectivity index (χ3n) is 24.2. The molecule has 10 aliphatic rings. The first-order chi connectivity index (χ1) is 63.4. The van der Waals surface area contributed by atoms with Crippen LogP contribution in [0.2, 0.25) is 0 Å². The number of carbonyl (C=O) groups is 4. The molecule has 0 aromatic carbocycles. The highest BCUT2D eigenvalue weighted by molar-refractivity contribution is 5.74. The van der Waals surface area contributed by atoms with E-state index in [1.807, 2.05) is 0 Å². The smallest absolute Gasteiger partial charge is 0.217 e. The fourth-order valence-electron chi connectivity index (χ4n) is 16.9. The van der Waals surface area contributed by atoms with Gasteiger partial charge in [0.2, 0.25) is 23.6 Å². The number of hydrogen-bond donors (Lipinski definition) is 36. The van der Waals surface area contributed by atoms with E-state index in [0.717, 1.165) is 27.7 Å². The summed E-state index contributed by atoms with van der Waals surface area (Å²) in [5.41, 5.74) is 0. The van der Waals surface area contributed by atoms with Crippen LogP contribution in [0.3, 0.4) is 0 Å². The number of amides is 4. The summed E-state index contributed by atoms with van der Waals surface area (Å²) in [6.07, 6.45) is -106. The monoisotopic (exact) mass is 1970 g/mol. The fraction of sp³-hybridized carbons (Fsp3) is 0.946. The molecule has 60 heteroatoms. The average Bonchev–Trinajstić information content (AvgIpc) is 0.776. The molecule has 134 heavy (non-hydrogen) atoms. The van der Waals surface area contributed by atoms with Gasteiger partial charge in [-0.05, 0) is 0 Å². The van der Waals surface area contributed by atoms with Crippen molar-refractivity contribution < 1.29 is 277 Å². The molecule has 54 atom stereocenters. The first-order valence-corrected chi connectivity index (χ1v) is 42.6. The van der Waals surface area contributed by atoms with Crippen molar-refractivity contribution in [3.05, 3.63) is 0 Å². The van der Waals surface area contributed by atoms with E-state index in [1.165, 1.54) is 0 Å². The number of hydrogen-bond acceptors (Lipinski definition) is 56. The van der Waals surface area contributed by atoms with Crippen LogP contribution in [0.25, 0.3) is 0 Å². The van der Waals surface area contributed by atoms with Gasteiger partial charge in [0.25, 0.3) is 0 Å². The Hall–Kier alpha value is -4.20. The minimum Gasteiger partial charge on any atom is -0.394 e. The largest absolute Gasteiger partial charge is 0.394 e. The summed E-state index contributed by atoms with van der Waals surface area (Å²) >= 11 is 0. The summed E-state index contributed by atoms with van der Waals surface area (Å²) in [5.74, 6) is -4.05. The second-order valence-corrected chi connectivity index (χ2v) is 33.6. The van der Waals surface area contributed by atoms with Crippen molar-refractivity contribution in [1.82, 2.24) is 21.3 Å². The van der Waals surface area contributed by atoms with Gasteiger partial charge < -0.3 is 279 Å². The Bertz CT molecular complexity index is 3590. The summed E-state index contributed by atoms with van der Waals surface area (Å²) in [5, 5.41) is 364. The zero-order valence-electron chi connectivity index (χ0n) is 71.8. The number of aliphatic hydroxyl groups is 32. The SMILES string of the molecule is CC(=O)N[C@H]1[C@H](OC[C@@H](O)[C@H](O)[C@H](O[C@@H]2O[C@H](CO[C@@H]3O[C@H](CO)[C@@H](O[C@@H]4O[C@H](CO)[C@H](O)[C@H](O[C@H]5O[C@H](CO)[C@H](O)[C@H](O)[C@H]5O)[C@H]4O)[C@H](O)[C@H]3NC(C)=O)[C@H](O)[C@H](O[C@@H]3O[C@H](CO)[C@@H](O[C@@H]4O[C@H](CO)[C@H](O)[C@H](O[C@H]5O[C@H](CO)[C@H](O)[C@H](O)[C@H]5O)[C@H]4O)[C@H](O)[C@H]3NC(C)=O)[C@H]2O)[C@H](CO)NC(C)=O)O[C@H](CO)[C@@H](O[C@@H]2O[C@H](CO)[C@H](O)[C@H](O[C@H]3O[C@H](CO)[C@H](O)[C@H](O)[C@H]3O)[C@H]2O)[C@@H]1O. The fourth-order valence-corrected chi connectivity index (χ4v) is 16.9. The number of nitrogens with one attached hydrogen (secondary N) is 4. The van der Waals surface area contributed by atoms with Crippen molar-refractivity contribution in [2.24, 2.45) is 0 Å². The second-order valence-electron chi connectivity index (χ2n) is 33.6. The highest BCUT2D eigenvalue weighted by Gasteiger charge is 2.62. The summed E-state index contributed by atoms with van der Waals surface area (Å²) in [4.78, 5) is 52.4. The molecule has 10 aliphatic heterocycles. The van der Waals surface area contributed by atoms with Crippen molar-refractivity contribution in [2.75, 3.05) is 79.3 Å². The topological polar surface area (TPSA) is 948 Å². The zero-order chi connectivity index (χ0) is 98.9. The van der Waals surface area contributed by atoms with E-state index in [4.69, 9.17) is 94.7 Å². The predicted molar refractivity (Wildman–Crippen MR) is 411 cm³/mol.